The third kappa shape index (κ3) is 5.69. The molecule has 0 spiro atoms. The fourth-order valence-corrected chi connectivity index (χ4v) is 2.28. The summed E-state index contributed by atoms with van der Waals surface area (Å²) >= 11 is 0. The van der Waals surface area contributed by atoms with Gasteiger partial charge in [-0.05, 0) is 37.1 Å². The van der Waals surface area contributed by atoms with E-state index in [0.717, 1.165) is 19.3 Å². The highest BCUT2D eigenvalue weighted by atomic mass is 19.1. The molecule has 6 nitrogen and oxygen atoms in total. The van der Waals surface area contributed by atoms with E-state index in [-0.39, 0.29) is 12.5 Å². The number of ether oxygens (including phenoxy) is 1. The summed E-state index contributed by atoms with van der Waals surface area (Å²) in [5.41, 5.74) is 0.412. The number of benzene rings is 1. The van der Waals surface area contributed by atoms with Gasteiger partial charge in [-0.2, -0.15) is 0 Å². The van der Waals surface area contributed by atoms with Crippen LogP contribution in [0.15, 0.2) is 24.3 Å². The zero-order chi connectivity index (χ0) is 16.7. The van der Waals surface area contributed by atoms with E-state index in [1.54, 1.807) is 0 Å². The van der Waals surface area contributed by atoms with Crippen LogP contribution in [-0.4, -0.2) is 42.4 Å². The Balaban J connectivity index is 1.73. The third-order valence-corrected chi connectivity index (χ3v) is 3.48. The van der Waals surface area contributed by atoms with Crippen molar-refractivity contribution in [1.29, 1.82) is 0 Å². The number of hydrogen-bond donors (Lipinski definition) is 1. The van der Waals surface area contributed by atoms with Crippen LogP contribution in [0.2, 0.25) is 0 Å². The quantitative estimate of drug-likeness (QED) is 0.837. The van der Waals surface area contributed by atoms with Crippen LogP contribution in [0.3, 0.4) is 0 Å². The highest BCUT2D eigenvalue weighted by molar-refractivity contribution is 5.93. The van der Waals surface area contributed by atoms with Gasteiger partial charge in [-0.3, -0.25) is 14.4 Å². The molecule has 23 heavy (non-hydrogen) atoms. The van der Waals surface area contributed by atoms with Gasteiger partial charge in [-0.15, -0.1) is 0 Å². The molecule has 2 rings (SSSR count). The van der Waals surface area contributed by atoms with E-state index in [4.69, 9.17) is 4.74 Å². The summed E-state index contributed by atoms with van der Waals surface area (Å²) in [6.45, 7) is -0.0450. The predicted octanol–water partition coefficient (Wildman–Crippen LogP) is 1.71. The van der Waals surface area contributed by atoms with Crippen LogP contribution >= 0.6 is 0 Å². The number of anilines is 1. The predicted molar refractivity (Wildman–Crippen MR) is 81.0 cm³/mol. The van der Waals surface area contributed by atoms with Crippen LogP contribution in [0.1, 0.15) is 25.7 Å². The molecule has 0 atom stereocenters. The number of nitrogens with one attached hydrogen (secondary N) is 1. The Morgan fingerprint density at radius 3 is 2.65 bits per heavy atom. The Kier molecular flexibility index (Phi) is 6.08. The van der Waals surface area contributed by atoms with Crippen molar-refractivity contribution in [1.82, 2.24) is 4.90 Å². The molecule has 1 N–H and O–H groups in total. The minimum absolute atomic E-state index is 0.0600. The van der Waals surface area contributed by atoms with Crippen molar-refractivity contribution in [2.75, 3.05) is 25.0 Å². The summed E-state index contributed by atoms with van der Waals surface area (Å²) < 4.78 is 17.6. The first-order valence-corrected chi connectivity index (χ1v) is 7.53. The number of hydrogen-bond acceptors (Lipinski definition) is 4. The largest absolute Gasteiger partial charge is 0.454 e. The van der Waals surface area contributed by atoms with E-state index in [1.165, 1.54) is 29.2 Å². The minimum atomic E-state index is -0.616. The summed E-state index contributed by atoms with van der Waals surface area (Å²) in [5.74, 6) is -1.60. The van der Waals surface area contributed by atoms with E-state index in [2.05, 4.69) is 5.32 Å². The molecule has 0 aromatic heterocycles. The molecular formula is C16H19FN2O4. The lowest BCUT2D eigenvalue weighted by Gasteiger charge is -2.19. The number of rotatable bonds is 5. The van der Waals surface area contributed by atoms with Gasteiger partial charge in [0.1, 0.15) is 12.4 Å². The van der Waals surface area contributed by atoms with Crippen LogP contribution in [-0.2, 0) is 19.1 Å². The number of esters is 1. The van der Waals surface area contributed by atoms with Gasteiger partial charge in [0.15, 0.2) is 6.61 Å². The van der Waals surface area contributed by atoms with Gasteiger partial charge in [0, 0.05) is 18.7 Å². The molecule has 1 aliphatic rings. The summed E-state index contributed by atoms with van der Waals surface area (Å²) in [5, 5.41) is 2.48. The molecule has 0 aliphatic carbocycles. The second-order valence-corrected chi connectivity index (χ2v) is 5.34. The average Bonchev–Trinajstić information content (AvgIpc) is 2.73. The SMILES string of the molecule is O=C(COC(=O)CN1CCCCCC1=O)Nc1ccc(F)cc1. The number of amides is 2. The topological polar surface area (TPSA) is 75.7 Å². The Morgan fingerprint density at radius 2 is 1.91 bits per heavy atom. The summed E-state index contributed by atoms with van der Waals surface area (Å²) in [7, 11) is 0. The summed E-state index contributed by atoms with van der Waals surface area (Å²) in [4.78, 5) is 36.6. The molecule has 0 bridgehead atoms. The van der Waals surface area contributed by atoms with E-state index >= 15 is 0 Å². The van der Waals surface area contributed by atoms with Crippen LogP contribution in [0.25, 0.3) is 0 Å². The van der Waals surface area contributed by atoms with Crippen molar-refractivity contribution in [2.45, 2.75) is 25.7 Å². The lowest BCUT2D eigenvalue weighted by Crippen LogP contribution is -2.36. The Bertz CT molecular complexity index is 574. The van der Waals surface area contributed by atoms with Gasteiger partial charge in [-0.25, -0.2) is 4.39 Å². The van der Waals surface area contributed by atoms with Crippen molar-refractivity contribution in [2.24, 2.45) is 0 Å². The maximum Gasteiger partial charge on any atom is 0.326 e. The first-order chi connectivity index (χ1) is 11.0. The van der Waals surface area contributed by atoms with Gasteiger partial charge in [0.25, 0.3) is 5.91 Å². The number of likely N-dealkylation sites (tertiary alicyclic amines) is 1. The molecule has 0 saturated carbocycles. The number of carbonyl (C=O) groups is 3. The third-order valence-electron chi connectivity index (χ3n) is 3.48. The fraction of sp³-hybridized carbons (Fsp3) is 0.438. The standard InChI is InChI=1S/C16H19FN2O4/c17-12-5-7-13(8-6-12)18-14(20)11-23-16(22)10-19-9-3-1-2-4-15(19)21/h5-8H,1-4,9-11H2,(H,18,20). The highest BCUT2D eigenvalue weighted by Gasteiger charge is 2.20. The Labute approximate surface area is 133 Å². The highest BCUT2D eigenvalue weighted by Crippen LogP contribution is 2.11. The van der Waals surface area contributed by atoms with E-state index < -0.39 is 24.3 Å². The molecular weight excluding hydrogens is 303 g/mol. The zero-order valence-electron chi connectivity index (χ0n) is 12.7. The number of carbonyl (C=O) groups excluding carboxylic acids is 3. The lowest BCUT2D eigenvalue weighted by atomic mass is 10.2. The lowest BCUT2D eigenvalue weighted by molar-refractivity contribution is -0.151. The molecule has 2 amide bonds. The maximum absolute atomic E-state index is 12.7. The maximum atomic E-state index is 12.7. The van der Waals surface area contributed by atoms with Crippen LogP contribution in [0, 0.1) is 5.82 Å². The fourth-order valence-electron chi connectivity index (χ4n) is 2.28. The van der Waals surface area contributed by atoms with E-state index in [0.29, 0.717) is 18.7 Å². The van der Waals surface area contributed by atoms with Crippen LogP contribution in [0.5, 0.6) is 0 Å². The van der Waals surface area contributed by atoms with Gasteiger partial charge >= 0.3 is 5.97 Å². The van der Waals surface area contributed by atoms with Gasteiger partial charge in [-0.1, -0.05) is 6.42 Å². The van der Waals surface area contributed by atoms with Crippen LogP contribution < -0.4 is 5.32 Å². The minimum Gasteiger partial charge on any atom is -0.454 e. The Morgan fingerprint density at radius 1 is 1.17 bits per heavy atom. The molecule has 1 aromatic carbocycles. The Hall–Kier alpha value is -2.44. The van der Waals surface area contributed by atoms with Crippen molar-refractivity contribution >= 4 is 23.5 Å². The average molecular weight is 322 g/mol. The van der Waals surface area contributed by atoms with Crippen LogP contribution in [0.4, 0.5) is 10.1 Å². The molecule has 1 aromatic rings. The molecule has 1 aliphatic heterocycles. The first-order valence-electron chi connectivity index (χ1n) is 7.53. The zero-order valence-corrected chi connectivity index (χ0v) is 12.7. The molecule has 0 radical (unpaired) electrons. The number of halogens is 1. The number of nitrogens with zero attached hydrogens (tertiary/aromatic N) is 1. The second kappa shape index (κ2) is 8.26. The van der Waals surface area contributed by atoms with E-state index in [1.807, 2.05) is 0 Å². The van der Waals surface area contributed by atoms with E-state index in [9.17, 15) is 18.8 Å². The van der Waals surface area contributed by atoms with Gasteiger partial charge in [0.2, 0.25) is 5.91 Å². The monoisotopic (exact) mass is 322 g/mol. The normalized spacial score (nSPS) is 15.0. The molecule has 7 heteroatoms. The smallest absolute Gasteiger partial charge is 0.326 e. The molecule has 1 fully saturated rings. The molecule has 1 heterocycles. The van der Waals surface area contributed by atoms with Crippen molar-refractivity contribution in [3.05, 3.63) is 30.1 Å². The molecule has 0 unspecified atom stereocenters. The van der Waals surface area contributed by atoms with Crippen molar-refractivity contribution in [3.8, 4) is 0 Å². The van der Waals surface area contributed by atoms with Gasteiger partial charge < -0.3 is 15.0 Å². The first kappa shape index (κ1) is 16.9. The summed E-state index contributed by atoms with van der Waals surface area (Å²) in [6.07, 6.45) is 3.12. The molecule has 124 valence electrons. The second-order valence-electron chi connectivity index (χ2n) is 5.34. The van der Waals surface area contributed by atoms with Crippen molar-refractivity contribution < 1.29 is 23.5 Å². The molecule has 1 saturated heterocycles. The summed E-state index contributed by atoms with van der Waals surface area (Å²) in [6, 6.07) is 5.25. The van der Waals surface area contributed by atoms with Gasteiger partial charge in [0.05, 0.1) is 0 Å². The van der Waals surface area contributed by atoms with Crippen molar-refractivity contribution in [3.63, 3.8) is 0 Å².